The van der Waals surface area contributed by atoms with E-state index in [1.807, 2.05) is 48.9 Å². The number of anilines is 2. The minimum absolute atomic E-state index is 0.0625. The van der Waals surface area contributed by atoms with Crippen LogP contribution in [0.2, 0.25) is 0 Å². The maximum atomic E-state index is 14.0. The molecule has 1 aromatic carbocycles. The van der Waals surface area contributed by atoms with Crippen molar-refractivity contribution >= 4 is 22.8 Å². The maximum absolute atomic E-state index is 14.0. The Morgan fingerprint density at radius 1 is 0.815 bits per heavy atom. The van der Waals surface area contributed by atoms with E-state index >= 15 is 0 Å². The van der Waals surface area contributed by atoms with Gasteiger partial charge in [-0.3, -0.25) is 0 Å². The van der Waals surface area contributed by atoms with E-state index in [0.29, 0.717) is 24.0 Å². The standard InChI is InChI=1S/C39H48F6N8O/c1-25-33-16-30(34(48-35(33)53(49-25)37(2,3)4)51(20-26-8-9-26)21-27-10-11-27)23-52(36-46-18-29(19-47-36)24-54-13-7-12-50(5)6)22-28-14-31(38(40,41)42)17-32(15-28)39(43,44)45/h7,12,14-19,26-27H,8-11,13,20-24H2,1-6H3/b12-7+. The van der Waals surface area contributed by atoms with E-state index in [1.165, 1.54) is 0 Å². The first-order valence-corrected chi connectivity index (χ1v) is 18.2. The van der Waals surface area contributed by atoms with E-state index in [1.54, 1.807) is 17.3 Å². The third-order valence-corrected chi connectivity index (χ3v) is 9.43. The lowest BCUT2D eigenvalue weighted by atomic mass is 10.0. The summed E-state index contributed by atoms with van der Waals surface area (Å²) in [5.74, 6) is 1.93. The lowest BCUT2D eigenvalue weighted by molar-refractivity contribution is -0.143. The van der Waals surface area contributed by atoms with Gasteiger partial charge in [-0.2, -0.15) is 31.4 Å². The number of halogens is 6. The van der Waals surface area contributed by atoms with Gasteiger partial charge in [0.1, 0.15) is 5.82 Å². The molecule has 3 aromatic heterocycles. The van der Waals surface area contributed by atoms with Crippen molar-refractivity contribution in [3.8, 4) is 0 Å². The Hall–Kier alpha value is -4.40. The molecule has 0 bridgehead atoms. The molecular formula is C39H48F6N8O. The molecule has 0 saturated heterocycles. The highest BCUT2D eigenvalue weighted by atomic mass is 19.4. The minimum atomic E-state index is -4.99. The zero-order valence-electron chi connectivity index (χ0n) is 31.6. The van der Waals surface area contributed by atoms with Crippen molar-refractivity contribution in [1.29, 1.82) is 0 Å². The van der Waals surface area contributed by atoms with Crippen molar-refractivity contribution in [2.45, 2.75) is 91.0 Å². The van der Waals surface area contributed by atoms with E-state index in [4.69, 9.17) is 14.8 Å². The maximum Gasteiger partial charge on any atom is 0.416 e. The van der Waals surface area contributed by atoms with Crippen LogP contribution >= 0.6 is 0 Å². The van der Waals surface area contributed by atoms with E-state index in [2.05, 4.69) is 35.6 Å². The number of pyridine rings is 1. The summed E-state index contributed by atoms with van der Waals surface area (Å²) in [7, 11) is 3.79. The van der Waals surface area contributed by atoms with E-state index < -0.39 is 23.5 Å². The number of benzene rings is 1. The van der Waals surface area contributed by atoms with Crippen molar-refractivity contribution in [2.24, 2.45) is 11.8 Å². The quantitative estimate of drug-likeness (QED) is 0.0881. The number of fused-ring (bicyclic) bond motifs is 1. The molecule has 0 N–H and O–H groups in total. The van der Waals surface area contributed by atoms with Crippen molar-refractivity contribution in [1.82, 2.24) is 29.6 Å². The van der Waals surface area contributed by atoms with Gasteiger partial charge in [0.05, 0.1) is 35.6 Å². The van der Waals surface area contributed by atoms with Crippen molar-refractivity contribution in [3.63, 3.8) is 0 Å². The van der Waals surface area contributed by atoms with Crippen LogP contribution in [0, 0.1) is 18.8 Å². The molecule has 9 nitrogen and oxygen atoms in total. The topological polar surface area (TPSA) is 75.4 Å². The highest BCUT2D eigenvalue weighted by Gasteiger charge is 2.38. The molecule has 3 heterocycles. The molecule has 2 aliphatic rings. The molecule has 2 fully saturated rings. The summed E-state index contributed by atoms with van der Waals surface area (Å²) in [5, 5.41) is 5.66. The van der Waals surface area contributed by atoms with Crippen LogP contribution in [0.5, 0.6) is 0 Å². The predicted octanol–water partition coefficient (Wildman–Crippen LogP) is 8.75. The number of alkyl halides is 6. The Kier molecular flexibility index (Phi) is 11.2. The number of aromatic nitrogens is 5. The Morgan fingerprint density at radius 2 is 1.41 bits per heavy atom. The van der Waals surface area contributed by atoms with Crippen LogP contribution in [0.3, 0.4) is 0 Å². The van der Waals surface area contributed by atoms with Gasteiger partial charge < -0.3 is 19.4 Å². The lowest BCUT2D eigenvalue weighted by Gasteiger charge is -2.30. The fraction of sp³-hybridized carbons (Fsp3) is 0.538. The van der Waals surface area contributed by atoms with E-state index in [9.17, 15) is 26.3 Å². The summed E-state index contributed by atoms with van der Waals surface area (Å²) in [6.07, 6.45) is 1.35. The van der Waals surface area contributed by atoms with Gasteiger partial charge in [-0.05, 0) is 107 Å². The molecule has 0 aliphatic heterocycles. The number of aryl methyl sites for hydroxylation is 1. The summed E-state index contributed by atoms with van der Waals surface area (Å²) in [6, 6.07) is 3.68. The summed E-state index contributed by atoms with van der Waals surface area (Å²) in [6.45, 7) is 9.97. The van der Waals surface area contributed by atoms with Gasteiger partial charge in [0.15, 0.2) is 5.65 Å². The van der Waals surface area contributed by atoms with E-state index in [-0.39, 0.29) is 42.8 Å². The predicted molar refractivity (Wildman–Crippen MR) is 196 cm³/mol. The number of hydrogen-bond acceptors (Lipinski definition) is 8. The van der Waals surface area contributed by atoms with Gasteiger partial charge in [-0.25, -0.2) is 19.6 Å². The van der Waals surface area contributed by atoms with Crippen LogP contribution in [-0.4, -0.2) is 63.4 Å². The first-order chi connectivity index (χ1) is 25.3. The fourth-order valence-electron chi connectivity index (χ4n) is 6.36. The molecule has 0 spiro atoms. The molecule has 54 heavy (non-hydrogen) atoms. The zero-order chi connectivity index (χ0) is 39.0. The summed E-state index contributed by atoms with van der Waals surface area (Å²) in [4.78, 5) is 20.2. The smallest absolute Gasteiger partial charge is 0.384 e. The molecular weight excluding hydrogens is 710 g/mol. The number of nitrogens with zero attached hydrogens (tertiary/aromatic N) is 8. The molecule has 0 unspecified atom stereocenters. The summed E-state index contributed by atoms with van der Waals surface area (Å²) < 4.78 is 91.4. The van der Waals surface area contributed by atoms with Gasteiger partial charge in [-0.1, -0.05) is 0 Å². The molecule has 0 amide bonds. The Morgan fingerprint density at radius 3 is 1.93 bits per heavy atom. The average molecular weight is 759 g/mol. The highest BCUT2D eigenvalue weighted by Crippen LogP contribution is 2.40. The Labute approximate surface area is 312 Å². The first-order valence-electron chi connectivity index (χ1n) is 18.2. The van der Waals surface area contributed by atoms with Crippen LogP contribution in [0.1, 0.15) is 80.0 Å². The number of rotatable bonds is 15. The van der Waals surface area contributed by atoms with Crippen LogP contribution in [0.4, 0.5) is 38.1 Å². The third kappa shape index (κ3) is 10.0. The fourth-order valence-corrected chi connectivity index (χ4v) is 6.36. The van der Waals surface area contributed by atoms with Crippen molar-refractivity contribution in [3.05, 3.63) is 82.4 Å². The largest absolute Gasteiger partial charge is 0.416 e. The SMILES string of the molecule is Cc1nn(C(C)(C)C)c2nc(N(CC3CC3)CC3CC3)c(CN(Cc3cc(C(F)(F)F)cc(C(F)(F)F)c3)c3ncc(COC/C=C/N(C)C)cn3)cc12. The van der Waals surface area contributed by atoms with Gasteiger partial charge in [-0.15, -0.1) is 0 Å². The minimum Gasteiger partial charge on any atom is -0.384 e. The molecule has 0 atom stereocenters. The van der Waals surface area contributed by atoms with Crippen LogP contribution in [-0.2, 0) is 42.3 Å². The van der Waals surface area contributed by atoms with Crippen LogP contribution in [0.25, 0.3) is 11.0 Å². The highest BCUT2D eigenvalue weighted by molar-refractivity contribution is 5.82. The van der Waals surface area contributed by atoms with Crippen LogP contribution in [0.15, 0.2) is 48.9 Å². The molecule has 2 aliphatic carbocycles. The van der Waals surface area contributed by atoms with Gasteiger partial charge in [0, 0.05) is 69.2 Å². The Balaban J connectivity index is 1.43. The average Bonchev–Trinajstić information content (AvgIpc) is 4.03. The molecule has 15 heteroatoms. The van der Waals surface area contributed by atoms with Crippen molar-refractivity contribution < 1.29 is 31.1 Å². The summed E-state index contributed by atoms with van der Waals surface area (Å²) in [5.41, 5.74) is -0.412. The zero-order valence-corrected chi connectivity index (χ0v) is 31.6. The molecule has 2 saturated carbocycles. The molecule has 4 aromatic rings. The van der Waals surface area contributed by atoms with Crippen molar-refractivity contribution in [2.75, 3.05) is 43.6 Å². The van der Waals surface area contributed by atoms with Gasteiger partial charge in [0.2, 0.25) is 5.95 Å². The monoisotopic (exact) mass is 758 g/mol. The second kappa shape index (κ2) is 15.4. The van der Waals surface area contributed by atoms with Gasteiger partial charge in [0.25, 0.3) is 0 Å². The third-order valence-electron chi connectivity index (χ3n) is 9.43. The number of ether oxygens (including phenoxy) is 1. The lowest BCUT2D eigenvalue weighted by Crippen LogP contribution is -2.32. The second-order valence-corrected chi connectivity index (χ2v) is 15.8. The number of hydrogen-bond donors (Lipinski definition) is 0. The molecule has 6 rings (SSSR count). The van der Waals surface area contributed by atoms with Gasteiger partial charge >= 0.3 is 12.4 Å². The Bertz CT molecular complexity index is 1890. The summed E-state index contributed by atoms with van der Waals surface area (Å²) >= 11 is 0. The first kappa shape index (κ1) is 39.3. The molecule has 0 radical (unpaired) electrons. The van der Waals surface area contributed by atoms with E-state index in [0.717, 1.165) is 79.0 Å². The van der Waals surface area contributed by atoms with Crippen LogP contribution < -0.4 is 9.80 Å². The second-order valence-electron chi connectivity index (χ2n) is 15.8. The molecule has 292 valence electrons. The normalized spacial score (nSPS) is 15.4.